The Morgan fingerprint density at radius 3 is 2.58 bits per heavy atom. The molecular formula is C14H18N4S. The van der Waals surface area contributed by atoms with Crippen LogP contribution >= 0.6 is 12.2 Å². The summed E-state index contributed by atoms with van der Waals surface area (Å²) in [7, 11) is 0. The molecule has 0 saturated heterocycles. The van der Waals surface area contributed by atoms with E-state index in [0.717, 1.165) is 18.2 Å². The van der Waals surface area contributed by atoms with Gasteiger partial charge in [0, 0.05) is 30.4 Å². The van der Waals surface area contributed by atoms with Gasteiger partial charge < -0.3 is 10.3 Å². The molecule has 0 aliphatic heterocycles. The molecule has 0 bridgehead atoms. The number of nitrogens with zero attached hydrogens (tertiary/aromatic N) is 2. The van der Waals surface area contributed by atoms with Crippen molar-refractivity contribution < 1.29 is 0 Å². The lowest BCUT2D eigenvalue weighted by atomic mass is 9.96. The fourth-order valence-electron chi connectivity index (χ4n) is 1.61. The maximum Gasteiger partial charge on any atom is 0.131 e. The third kappa shape index (κ3) is 3.86. The molecule has 0 aliphatic rings. The van der Waals surface area contributed by atoms with Crippen molar-refractivity contribution in [2.24, 2.45) is 0 Å². The molecule has 5 heteroatoms. The van der Waals surface area contributed by atoms with Crippen molar-refractivity contribution in [3.05, 3.63) is 46.6 Å². The van der Waals surface area contributed by atoms with Crippen LogP contribution in [-0.2, 0) is 12.0 Å². The summed E-state index contributed by atoms with van der Waals surface area (Å²) in [6, 6.07) is 5.80. The Balaban J connectivity index is 2.17. The molecule has 0 saturated carbocycles. The van der Waals surface area contributed by atoms with Crippen molar-refractivity contribution >= 4 is 18.0 Å². The Morgan fingerprint density at radius 2 is 1.95 bits per heavy atom. The first-order valence-corrected chi connectivity index (χ1v) is 6.60. The summed E-state index contributed by atoms with van der Waals surface area (Å²) in [6.07, 6.45) is 3.57. The number of hydrogen-bond acceptors (Lipinski definition) is 4. The number of rotatable bonds is 3. The fraction of sp³-hybridized carbons (Fsp3) is 0.357. The lowest BCUT2D eigenvalue weighted by molar-refractivity contribution is 0.545. The second-order valence-corrected chi connectivity index (χ2v) is 5.86. The monoisotopic (exact) mass is 274 g/mol. The number of hydrogen-bond donors (Lipinski definition) is 2. The van der Waals surface area contributed by atoms with E-state index in [1.165, 1.54) is 5.56 Å². The van der Waals surface area contributed by atoms with Gasteiger partial charge in [-0.25, -0.2) is 4.98 Å². The Bertz CT molecular complexity index is 599. The molecular weight excluding hydrogens is 256 g/mol. The maximum absolute atomic E-state index is 5.21. The molecule has 0 aromatic carbocycles. The first kappa shape index (κ1) is 13.7. The predicted molar refractivity (Wildman–Crippen MR) is 79.7 cm³/mol. The zero-order chi connectivity index (χ0) is 13.9. The van der Waals surface area contributed by atoms with Gasteiger partial charge in [-0.15, -0.1) is 0 Å². The third-order valence-electron chi connectivity index (χ3n) is 2.69. The van der Waals surface area contributed by atoms with Crippen molar-refractivity contribution in [2.75, 3.05) is 5.32 Å². The van der Waals surface area contributed by atoms with E-state index in [4.69, 9.17) is 12.2 Å². The summed E-state index contributed by atoms with van der Waals surface area (Å²) in [5.41, 5.74) is 1.12. The molecule has 2 N–H and O–H groups in total. The van der Waals surface area contributed by atoms with E-state index in [-0.39, 0.29) is 5.41 Å². The van der Waals surface area contributed by atoms with Gasteiger partial charge in [0.2, 0.25) is 0 Å². The van der Waals surface area contributed by atoms with Crippen LogP contribution in [0, 0.1) is 4.64 Å². The van der Waals surface area contributed by atoms with E-state index in [2.05, 4.69) is 41.0 Å². The first-order chi connectivity index (χ1) is 8.95. The van der Waals surface area contributed by atoms with Crippen LogP contribution in [0.15, 0.2) is 30.6 Å². The van der Waals surface area contributed by atoms with E-state index in [0.29, 0.717) is 4.64 Å². The van der Waals surface area contributed by atoms with Gasteiger partial charge in [-0.3, -0.25) is 4.98 Å². The van der Waals surface area contributed by atoms with Gasteiger partial charge in [0.25, 0.3) is 0 Å². The molecule has 100 valence electrons. The zero-order valence-corrected chi connectivity index (χ0v) is 12.2. The van der Waals surface area contributed by atoms with Crippen LogP contribution in [0.3, 0.4) is 0 Å². The molecule has 0 atom stereocenters. The Hall–Kier alpha value is -1.75. The van der Waals surface area contributed by atoms with E-state index < -0.39 is 0 Å². The Labute approximate surface area is 118 Å². The van der Waals surface area contributed by atoms with Crippen LogP contribution in [0.4, 0.5) is 5.82 Å². The zero-order valence-electron chi connectivity index (χ0n) is 11.4. The molecule has 2 aromatic rings. The standard InChI is InChI=1S/C14H18N4S/c1-14(2,3)13-17-11(8-12(19)18-13)16-9-10-4-6-15-7-5-10/h4-8H,9H2,1-3H3,(H2,16,17,18,19). The van der Waals surface area contributed by atoms with E-state index in [9.17, 15) is 0 Å². The lowest BCUT2D eigenvalue weighted by Gasteiger charge is -2.18. The molecule has 0 radical (unpaired) electrons. The van der Waals surface area contributed by atoms with Gasteiger partial charge in [0.05, 0.1) is 0 Å². The molecule has 0 fully saturated rings. The second kappa shape index (κ2) is 5.48. The van der Waals surface area contributed by atoms with Crippen molar-refractivity contribution in [3.63, 3.8) is 0 Å². The van der Waals surface area contributed by atoms with Gasteiger partial charge in [0.1, 0.15) is 16.3 Å². The average Bonchev–Trinajstić information content (AvgIpc) is 2.36. The van der Waals surface area contributed by atoms with Crippen molar-refractivity contribution in [3.8, 4) is 0 Å². The van der Waals surface area contributed by atoms with Gasteiger partial charge >= 0.3 is 0 Å². The number of aromatic nitrogens is 3. The van der Waals surface area contributed by atoms with Crippen LogP contribution in [0.5, 0.6) is 0 Å². The van der Waals surface area contributed by atoms with E-state index >= 15 is 0 Å². The highest BCUT2D eigenvalue weighted by Crippen LogP contribution is 2.19. The van der Waals surface area contributed by atoms with Gasteiger partial charge in [-0.05, 0) is 17.7 Å². The summed E-state index contributed by atoms with van der Waals surface area (Å²) in [5.74, 6) is 1.78. The van der Waals surface area contributed by atoms with Crippen LogP contribution in [0.2, 0.25) is 0 Å². The summed E-state index contributed by atoms with van der Waals surface area (Å²) >= 11 is 5.21. The minimum Gasteiger partial charge on any atom is -0.367 e. The van der Waals surface area contributed by atoms with Gasteiger partial charge in [-0.1, -0.05) is 33.0 Å². The van der Waals surface area contributed by atoms with Crippen LogP contribution in [0.25, 0.3) is 0 Å². The predicted octanol–water partition coefficient (Wildman–Crippen LogP) is 3.44. The highest BCUT2D eigenvalue weighted by molar-refractivity contribution is 7.71. The van der Waals surface area contributed by atoms with Gasteiger partial charge in [-0.2, -0.15) is 0 Å². The van der Waals surface area contributed by atoms with Gasteiger partial charge in [0.15, 0.2) is 0 Å². The van der Waals surface area contributed by atoms with Crippen LogP contribution in [-0.4, -0.2) is 15.0 Å². The Morgan fingerprint density at radius 1 is 1.26 bits per heavy atom. The highest BCUT2D eigenvalue weighted by Gasteiger charge is 2.16. The fourth-order valence-corrected chi connectivity index (χ4v) is 1.82. The molecule has 0 unspecified atom stereocenters. The number of anilines is 1. The SMILES string of the molecule is CC(C)(C)c1nc(=S)cc(NCc2ccncc2)[nH]1. The quantitative estimate of drug-likeness (QED) is 0.842. The summed E-state index contributed by atoms with van der Waals surface area (Å²) in [4.78, 5) is 11.7. The average molecular weight is 274 g/mol. The number of pyridine rings is 1. The van der Waals surface area contributed by atoms with Crippen molar-refractivity contribution in [2.45, 2.75) is 32.7 Å². The molecule has 19 heavy (non-hydrogen) atoms. The molecule has 0 amide bonds. The van der Waals surface area contributed by atoms with E-state index in [1.807, 2.05) is 18.2 Å². The summed E-state index contributed by atoms with van der Waals surface area (Å²) < 4.78 is 0.598. The topological polar surface area (TPSA) is 53.6 Å². The van der Waals surface area contributed by atoms with E-state index in [1.54, 1.807) is 12.4 Å². The minimum atomic E-state index is -0.0537. The third-order valence-corrected chi connectivity index (χ3v) is 2.89. The molecule has 4 nitrogen and oxygen atoms in total. The maximum atomic E-state index is 5.21. The van der Waals surface area contributed by atoms with Crippen molar-refractivity contribution in [1.29, 1.82) is 0 Å². The number of aromatic amines is 1. The largest absolute Gasteiger partial charge is 0.367 e. The van der Waals surface area contributed by atoms with Crippen LogP contribution in [0.1, 0.15) is 32.2 Å². The summed E-state index contributed by atoms with van der Waals surface area (Å²) in [5, 5.41) is 3.32. The lowest BCUT2D eigenvalue weighted by Crippen LogP contribution is -2.17. The molecule has 2 aromatic heterocycles. The normalized spacial score (nSPS) is 11.3. The smallest absolute Gasteiger partial charge is 0.131 e. The molecule has 2 rings (SSSR count). The molecule has 2 heterocycles. The van der Waals surface area contributed by atoms with Crippen LogP contribution < -0.4 is 5.32 Å². The highest BCUT2D eigenvalue weighted by atomic mass is 32.1. The Kier molecular flexibility index (Phi) is 3.95. The van der Waals surface area contributed by atoms with Crippen molar-refractivity contribution in [1.82, 2.24) is 15.0 Å². The minimum absolute atomic E-state index is 0.0537. The number of H-pyrrole nitrogens is 1. The summed E-state index contributed by atoms with van der Waals surface area (Å²) in [6.45, 7) is 7.04. The first-order valence-electron chi connectivity index (χ1n) is 6.20. The number of nitrogens with one attached hydrogen (secondary N) is 2. The molecule has 0 spiro atoms. The molecule has 0 aliphatic carbocycles. The second-order valence-electron chi connectivity index (χ2n) is 5.44.